The van der Waals surface area contributed by atoms with Crippen LogP contribution >= 0.6 is 0 Å². The van der Waals surface area contributed by atoms with Crippen LogP contribution in [0.2, 0.25) is 0 Å². The zero-order chi connectivity index (χ0) is 20.1. The van der Waals surface area contributed by atoms with Gasteiger partial charge in [0.15, 0.2) is 12.4 Å². The monoisotopic (exact) mass is 387 g/mol. The van der Waals surface area contributed by atoms with Gasteiger partial charge in [-0.05, 0) is 31.2 Å². The molecule has 3 aromatic rings. The van der Waals surface area contributed by atoms with E-state index in [2.05, 4.69) is 9.89 Å². The van der Waals surface area contributed by atoms with Gasteiger partial charge in [-0.15, -0.1) is 0 Å². The van der Waals surface area contributed by atoms with Gasteiger partial charge in [-0.3, -0.25) is 4.79 Å². The number of ether oxygens (including phenoxy) is 2. The fourth-order valence-electron chi connectivity index (χ4n) is 2.51. The molecule has 0 bridgehead atoms. The Morgan fingerprint density at radius 1 is 1.07 bits per heavy atom. The highest BCUT2D eigenvalue weighted by Crippen LogP contribution is 2.25. The molecule has 3 rings (SSSR count). The lowest BCUT2D eigenvalue weighted by molar-refractivity contribution is -0.0498. The lowest BCUT2D eigenvalue weighted by atomic mass is 10.1. The van der Waals surface area contributed by atoms with Crippen molar-refractivity contribution in [2.75, 3.05) is 6.61 Å². The van der Waals surface area contributed by atoms with Crippen LogP contribution in [-0.4, -0.2) is 30.1 Å². The topological polar surface area (TPSA) is 78.6 Å². The summed E-state index contributed by atoms with van der Waals surface area (Å²) in [7, 11) is 0. The summed E-state index contributed by atoms with van der Waals surface area (Å²) in [6.07, 6.45) is 0. The molecule has 0 saturated heterocycles. The molecule has 6 nitrogen and oxygen atoms in total. The molecule has 0 radical (unpaired) electrons. The van der Waals surface area contributed by atoms with Crippen LogP contribution in [0.1, 0.15) is 26.5 Å². The van der Waals surface area contributed by atoms with Crippen LogP contribution in [0.15, 0.2) is 59.1 Å². The summed E-state index contributed by atoms with van der Waals surface area (Å²) in [6, 6.07) is 14.0. The predicted molar refractivity (Wildman–Crippen MR) is 94.4 cm³/mol. The third-order valence-electron chi connectivity index (χ3n) is 3.85. The maximum atomic E-state index is 12.5. The number of halogens is 2. The largest absolute Gasteiger partial charge is 0.454 e. The smallest absolute Gasteiger partial charge is 0.387 e. The molecule has 0 aliphatic rings. The molecular formula is C20H15F2NO5. The number of aromatic nitrogens is 1. The minimum Gasteiger partial charge on any atom is -0.454 e. The van der Waals surface area contributed by atoms with Crippen LogP contribution < -0.4 is 4.74 Å². The molecule has 0 aliphatic carbocycles. The van der Waals surface area contributed by atoms with Crippen LogP contribution in [-0.2, 0) is 4.74 Å². The van der Waals surface area contributed by atoms with Gasteiger partial charge in [0.2, 0.25) is 0 Å². The fourth-order valence-corrected chi connectivity index (χ4v) is 2.51. The normalized spacial score (nSPS) is 10.7. The zero-order valence-electron chi connectivity index (χ0n) is 14.7. The molecule has 0 N–H and O–H groups in total. The first-order chi connectivity index (χ1) is 13.5. The minimum atomic E-state index is -2.95. The number of esters is 1. The first kappa shape index (κ1) is 19.2. The quantitative estimate of drug-likeness (QED) is 0.445. The van der Waals surface area contributed by atoms with Gasteiger partial charge in [-0.2, -0.15) is 8.78 Å². The second-order valence-corrected chi connectivity index (χ2v) is 5.73. The van der Waals surface area contributed by atoms with E-state index < -0.39 is 25.0 Å². The second kappa shape index (κ2) is 8.43. The molecule has 0 spiro atoms. The highest BCUT2D eigenvalue weighted by atomic mass is 19.3. The summed E-state index contributed by atoms with van der Waals surface area (Å²) in [5.41, 5.74) is 1.33. The molecule has 2 aromatic carbocycles. The van der Waals surface area contributed by atoms with Gasteiger partial charge in [0.1, 0.15) is 22.8 Å². The van der Waals surface area contributed by atoms with Gasteiger partial charge in [0.25, 0.3) is 0 Å². The number of alkyl halides is 2. The van der Waals surface area contributed by atoms with Crippen LogP contribution in [0.3, 0.4) is 0 Å². The Hall–Kier alpha value is -3.55. The zero-order valence-corrected chi connectivity index (χ0v) is 14.7. The summed E-state index contributed by atoms with van der Waals surface area (Å²) in [6.45, 7) is -1.90. The van der Waals surface area contributed by atoms with E-state index in [1.54, 1.807) is 31.2 Å². The number of hydrogen-bond acceptors (Lipinski definition) is 6. The number of rotatable bonds is 7. The highest BCUT2D eigenvalue weighted by molar-refractivity contribution is 6.01. The fraction of sp³-hybridized carbons (Fsp3) is 0.150. The number of aryl methyl sites for hydroxylation is 1. The Bertz CT molecular complexity index is 968. The molecule has 28 heavy (non-hydrogen) atoms. The van der Waals surface area contributed by atoms with E-state index in [1.807, 2.05) is 6.07 Å². The molecular weight excluding hydrogens is 372 g/mol. The molecule has 0 amide bonds. The third kappa shape index (κ3) is 4.40. The summed E-state index contributed by atoms with van der Waals surface area (Å²) >= 11 is 0. The summed E-state index contributed by atoms with van der Waals surface area (Å²) in [4.78, 5) is 24.6. The average Bonchev–Trinajstić information content (AvgIpc) is 3.08. The van der Waals surface area contributed by atoms with E-state index in [0.29, 0.717) is 11.3 Å². The molecule has 8 heteroatoms. The van der Waals surface area contributed by atoms with E-state index in [4.69, 9.17) is 9.26 Å². The number of hydrogen-bond donors (Lipinski definition) is 0. The van der Waals surface area contributed by atoms with Gasteiger partial charge in [-0.1, -0.05) is 35.5 Å². The Morgan fingerprint density at radius 2 is 1.75 bits per heavy atom. The van der Waals surface area contributed by atoms with Crippen molar-refractivity contribution in [1.29, 1.82) is 0 Å². The van der Waals surface area contributed by atoms with Gasteiger partial charge in [0.05, 0.1) is 0 Å². The lowest BCUT2D eigenvalue weighted by Gasteiger charge is -2.07. The minimum absolute atomic E-state index is 0.0730. The lowest BCUT2D eigenvalue weighted by Crippen LogP contribution is -2.15. The summed E-state index contributed by atoms with van der Waals surface area (Å²) in [5.74, 6) is -1.04. The van der Waals surface area contributed by atoms with Crippen molar-refractivity contribution in [3.05, 3.63) is 71.5 Å². The number of carbonyl (C=O) groups excluding carboxylic acids is 2. The van der Waals surface area contributed by atoms with Crippen molar-refractivity contribution in [2.24, 2.45) is 0 Å². The Labute approximate surface area is 158 Å². The Balaban J connectivity index is 1.68. The molecule has 1 aromatic heterocycles. The van der Waals surface area contributed by atoms with E-state index in [1.165, 1.54) is 24.3 Å². The summed E-state index contributed by atoms with van der Waals surface area (Å²) in [5, 5.41) is 3.89. The maximum absolute atomic E-state index is 12.5. The van der Waals surface area contributed by atoms with Crippen molar-refractivity contribution in [3.63, 3.8) is 0 Å². The third-order valence-corrected chi connectivity index (χ3v) is 3.85. The van der Waals surface area contributed by atoms with Gasteiger partial charge in [-0.25, -0.2) is 4.79 Å². The van der Waals surface area contributed by atoms with Crippen LogP contribution in [0.4, 0.5) is 8.78 Å². The molecule has 0 fully saturated rings. The van der Waals surface area contributed by atoms with E-state index in [9.17, 15) is 18.4 Å². The van der Waals surface area contributed by atoms with Crippen molar-refractivity contribution in [1.82, 2.24) is 5.16 Å². The molecule has 0 unspecified atom stereocenters. The standard InChI is InChI=1S/C20H15F2NO5/c1-12-17(18(23-28-12)14-5-3-2-4-6-14)19(25)26-11-16(24)13-7-9-15(10-8-13)27-20(21)22/h2-10,20H,11H2,1H3. The van der Waals surface area contributed by atoms with E-state index >= 15 is 0 Å². The molecule has 0 saturated carbocycles. The van der Waals surface area contributed by atoms with Crippen LogP contribution in [0, 0.1) is 6.92 Å². The maximum Gasteiger partial charge on any atom is 0.387 e. The van der Waals surface area contributed by atoms with E-state index in [-0.39, 0.29) is 22.6 Å². The van der Waals surface area contributed by atoms with Crippen LogP contribution in [0.25, 0.3) is 11.3 Å². The average molecular weight is 387 g/mol. The van der Waals surface area contributed by atoms with Crippen molar-refractivity contribution in [3.8, 4) is 17.0 Å². The van der Waals surface area contributed by atoms with Crippen molar-refractivity contribution >= 4 is 11.8 Å². The SMILES string of the molecule is Cc1onc(-c2ccccc2)c1C(=O)OCC(=O)c1ccc(OC(F)F)cc1. The first-order valence-corrected chi connectivity index (χ1v) is 8.22. The van der Waals surface area contributed by atoms with Gasteiger partial charge in [0, 0.05) is 11.1 Å². The van der Waals surface area contributed by atoms with Crippen LogP contribution in [0.5, 0.6) is 5.75 Å². The van der Waals surface area contributed by atoms with Gasteiger partial charge < -0.3 is 14.0 Å². The first-order valence-electron chi connectivity index (χ1n) is 8.22. The number of ketones is 1. The molecule has 144 valence electrons. The van der Waals surface area contributed by atoms with E-state index in [0.717, 1.165) is 0 Å². The van der Waals surface area contributed by atoms with Gasteiger partial charge >= 0.3 is 12.6 Å². The number of nitrogens with zero attached hydrogens (tertiary/aromatic N) is 1. The summed E-state index contributed by atoms with van der Waals surface area (Å²) < 4.78 is 38.7. The molecule has 0 atom stereocenters. The number of Topliss-reactive ketones (excluding diaryl/α,β-unsaturated/α-hetero) is 1. The molecule has 0 aliphatic heterocycles. The number of benzene rings is 2. The Kier molecular flexibility index (Phi) is 5.78. The second-order valence-electron chi connectivity index (χ2n) is 5.73. The van der Waals surface area contributed by atoms with Crippen molar-refractivity contribution < 1.29 is 32.4 Å². The Morgan fingerprint density at radius 3 is 2.39 bits per heavy atom. The molecule has 1 heterocycles. The number of carbonyl (C=O) groups is 2. The van der Waals surface area contributed by atoms with Crippen molar-refractivity contribution in [2.45, 2.75) is 13.5 Å². The highest BCUT2D eigenvalue weighted by Gasteiger charge is 2.23. The predicted octanol–water partition coefficient (Wildman–Crippen LogP) is 4.29.